The zero-order chi connectivity index (χ0) is 13.4. The molecule has 0 aliphatic rings. The lowest BCUT2D eigenvalue weighted by Crippen LogP contribution is -2.20. The summed E-state index contributed by atoms with van der Waals surface area (Å²) in [5.41, 5.74) is 0.888. The molecular weight excluding hydrogens is 246 g/mol. The summed E-state index contributed by atoms with van der Waals surface area (Å²) in [4.78, 5) is 0. The van der Waals surface area contributed by atoms with E-state index in [1.807, 2.05) is 17.8 Å². The first-order valence-electron chi connectivity index (χ1n) is 6.28. The number of nitrogens with one attached hydrogen (secondary N) is 1. The Balaban J connectivity index is 2.47. The third kappa shape index (κ3) is 4.78. The Labute approximate surface area is 114 Å². The number of hydrogen-bond donors (Lipinski definition) is 2. The minimum Gasteiger partial charge on any atom is -0.508 e. The van der Waals surface area contributed by atoms with Gasteiger partial charge in [0.1, 0.15) is 11.5 Å². The maximum atomic E-state index is 9.84. The lowest BCUT2D eigenvalue weighted by atomic mass is 10.1. The van der Waals surface area contributed by atoms with Crippen LogP contribution in [0, 0.1) is 0 Å². The van der Waals surface area contributed by atoms with Crippen LogP contribution in [0.4, 0.5) is 0 Å². The molecule has 1 atom stereocenters. The SMILES string of the molecule is COc1ccc(O)c(C(C)NCCCCSC)c1. The number of phenolic OH excluding ortho intramolecular Hbond substituents is 1. The molecule has 102 valence electrons. The van der Waals surface area contributed by atoms with Gasteiger partial charge in [0.25, 0.3) is 0 Å². The molecule has 1 unspecified atom stereocenters. The minimum atomic E-state index is 0.134. The van der Waals surface area contributed by atoms with Crippen molar-refractivity contribution in [2.45, 2.75) is 25.8 Å². The fraction of sp³-hybridized carbons (Fsp3) is 0.571. The van der Waals surface area contributed by atoms with E-state index in [-0.39, 0.29) is 6.04 Å². The number of benzene rings is 1. The number of thioether (sulfide) groups is 1. The summed E-state index contributed by atoms with van der Waals surface area (Å²) < 4.78 is 5.18. The van der Waals surface area contributed by atoms with Gasteiger partial charge in [-0.25, -0.2) is 0 Å². The quantitative estimate of drug-likeness (QED) is 0.711. The van der Waals surface area contributed by atoms with Gasteiger partial charge >= 0.3 is 0 Å². The second-order valence-electron chi connectivity index (χ2n) is 4.30. The number of unbranched alkanes of at least 4 members (excludes halogenated alkanes) is 1. The van der Waals surface area contributed by atoms with Gasteiger partial charge in [-0.05, 0) is 56.5 Å². The molecule has 2 N–H and O–H groups in total. The van der Waals surface area contributed by atoms with Crippen LogP contribution in [0.2, 0.25) is 0 Å². The van der Waals surface area contributed by atoms with Crippen molar-refractivity contribution in [3.63, 3.8) is 0 Å². The van der Waals surface area contributed by atoms with Gasteiger partial charge in [-0.3, -0.25) is 0 Å². The van der Waals surface area contributed by atoms with Crippen molar-refractivity contribution in [3.8, 4) is 11.5 Å². The lowest BCUT2D eigenvalue weighted by Gasteiger charge is -2.16. The van der Waals surface area contributed by atoms with Crippen LogP contribution >= 0.6 is 11.8 Å². The highest BCUT2D eigenvalue weighted by Crippen LogP contribution is 2.28. The molecule has 18 heavy (non-hydrogen) atoms. The Bertz CT molecular complexity index is 358. The summed E-state index contributed by atoms with van der Waals surface area (Å²) in [6.45, 7) is 3.03. The van der Waals surface area contributed by atoms with Crippen molar-refractivity contribution >= 4 is 11.8 Å². The Kier molecular flexibility index (Phi) is 6.98. The highest BCUT2D eigenvalue weighted by molar-refractivity contribution is 7.98. The van der Waals surface area contributed by atoms with Crippen molar-refractivity contribution in [3.05, 3.63) is 23.8 Å². The van der Waals surface area contributed by atoms with Gasteiger partial charge in [0, 0.05) is 11.6 Å². The van der Waals surface area contributed by atoms with E-state index >= 15 is 0 Å². The van der Waals surface area contributed by atoms with Gasteiger partial charge in [-0.1, -0.05) is 0 Å². The van der Waals surface area contributed by atoms with E-state index in [4.69, 9.17) is 4.74 Å². The minimum absolute atomic E-state index is 0.134. The molecule has 4 heteroatoms. The van der Waals surface area contributed by atoms with E-state index < -0.39 is 0 Å². The smallest absolute Gasteiger partial charge is 0.120 e. The van der Waals surface area contributed by atoms with Crippen LogP contribution < -0.4 is 10.1 Å². The number of rotatable bonds is 8. The van der Waals surface area contributed by atoms with Gasteiger partial charge < -0.3 is 15.2 Å². The molecule has 0 fully saturated rings. The molecule has 1 rings (SSSR count). The van der Waals surface area contributed by atoms with Gasteiger partial charge in [-0.2, -0.15) is 11.8 Å². The Hall–Kier alpha value is -0.870. The average Bonchev–Trinajstić information content (AvgIpc) is 2.39. The number of phenols is 1. The molecule has 0 amide bonds. The van der Waals surface area contributed by atoms with Crippen molar-refractivity contribution in [2.75, 3.05) is 25.7 Å². The first-order chi connectivity index (χ1) is 8.69. The summed E-state index contributed by atoms with van der Waals surface area (Å²) >= 11 is 1.88. The number of hydrogen-bond acceptors (Lipinski definition) is 4. The monoisotopic (exact) mass is 269 g/mol. The van der Waals surface area contributed by atoms with Crippen molar-refractivity contribution < 1.29 is 9.84 Å². The molecule has 0 bridgehead atoms. The van der Waals surface area contributed by atoms with Crippen LogP contribution in [0.5, 0.6) is 11.5 Å². The van der Waals surface area contributed by atoms with Crippen LogP contribution in [-0.2, 0) is 0 Å². The molecule has 0 aromatic heterocycles. The zero-order valence-electron chi connectivity index (χ0n) is 11.4. The summed E-state index contributed by atoms with van der Waals surface area (Å²) in [6.07, 6.45) is 4.52. The summed E-state index contributed by atoms with van der Waals surface area (Å²) in [5, 5.41) is 13.3. The zero-order valence-corrected chi connectivity index (χ0v) is 12.2. The average molecular weight is 269 g/mol. The van der Waals surface area contributed by atoms with Crippen molar-refractivity contribution in [1.82, 2.24) is 5.32 Å². The molecular formula is C14H23NO2S. The fourth-order valence-electron chi connectivity index (χ4n) is 1.81. The molecule has 0 radical (unpaired) electrons. The van der Waals surface area contributed by atoms with E-state index in [1.54, 1.807) is 19.2 Å². The van der Waals surface area contributed by atoms with Crippen molar-refractivity contribution in [2.24, 2.45) is 0 Å². The van der Waals surface area contributed by atoms with E-state index in [9.17, 15) is 5.11 Å². The Morgan fingerprint density at radius 2 is 2.17 bits per heavy atom. The largest absolute Gasteiger partial charge is 0.508 e. The molecule has 0 heterocycles. The predicted molar refractivity (Wildman–Crippen MR) is 78.7 cm³/mol. The normalized spacial score (nSPS) is 12.4. The first-order valence-corrected chi connectivity index (χ1v) is 7.67. The molecule has 0 aliphatic heterocycles. The van der Waals surface area contributed by atoms with Gasteiger partial charge in [0.05, 0.1) is 7.11 Å². The Morgan fingerprint density at radius 1 is 1.39 bits per heavy atom. The Morgan fingerprint density at radius 3 is 2.83 bits per heavy atom. The third-order valence-electron chi connectivity index (χ3n) is 2.93. The van der Waals surface area contributed by atoms with E-state index in [1.165, 1.54) is 12.2 Å². The van der Waals surface area contributed by atoms with Crippen LogP contribution in [0.15, 0.2) is 18.2 Å². The maximum absolute atomic E-state index is 9.84. The maximum Gasteiger partial charge on any atom is 0.120 e. The molecule has 1 aromatic rings. The molecule has 0 saturated heterocycles. The summed E-state index contributed by atoms with van der Waals surface area (Å²) in [6, 6.07) is 5.47. The van der Waals surface area contributed by atoms with E-state index in [0.717, 1.165) is 24.3 Å². The molecule has 0 aliphatic carbocycles. The summed E-state index contributed by atoms with van der Waals surface area (Å²) in [5.74, 6) is 2.30. The van der Waals surface area contributed by atoms with E-state index in [0.29, 0.717) is 5.75 Å². The van der Waals surface area contributed by atoms with Gasteiger partial charge in [-0.15, -0.1) is 0 Å². The van der Waals surface area contributed by atoms with Gasteiger partial charge in [0.2, 0.25) is 0 Å². The molecule has 0 spiro atoms. The summed E-state index contributed by atoms with van der Waals surface area (Å²) in [7, 11) is 1.64. The highest BCUT2D eigenvalue weighted by atomic mass is 32.2. The number of methoxy groups -OCH3 is 1. The van der Waals surface area contributed by atoms with Crippen LogP contribution in [0.25, 0.3) is 0 Å². The lowest BCUT2D eigenvalue weighted by molar-refractivity contribution is 0.407. The molecule has 0 saturated carbocycles. The molecule has 3 nitrogen and oxygen atoms in total. The number of aromatic hydroxyl groups is 1. The third-order valence-corrected chi connectivity index (χ3v) is 3.62. The van der Waals surface area contributed by atoms with Crippen LogP contribution in [-0.4, -0.2) is 30.8 Å². The van der Waals surface area contributed by atoms with Crippen LogP contribution in [0.1, 0.15) is 31.4 Å². The first kappa shape index (κ1) is 15.2. The fourth-order valence-corrected chi connectivity index (χ4v) is 2.30. The van der Waals surface area contributed by atoms with E-state index in [2.05, 4.69) is 18.5 Å². The molecule has 1 aromatic carbocycles. The highest BCUT2D eigenvalue weighted by Gasteiger charge is 2.10. The second-order valence-corrected chi connectivity index (χ2v) is 5.29. The van der Waals surface area contributed by atoms with Gasteiger partial charge in [0.15, 0.2) is 0 Å². The number of ether oxygens (including phenoxy) is 1. The standard InChI is InChI=1S/C14H23NO2S/c1-11(15-8-4-5-9-18-3)13-10-12(17-2)6-7-14(13)16/h6-7,10-11,15-16H,4-5,8-9H2,1-3H3. The second kappa shape index (κ2) is 8.27. The van der Waals surface area contributed by atoms with Crippen molar-refractivity contribution in [1.29, 1.82) is 0 Å². The van der Waals surface area contributed by atoms with Crippen LogP contribution in [0.3, 0.4) is 0 Å². The topological polar surface area (TPSA) is 41.5 Å². The predicted octanol–water partition coefficient (Wildman–Crippen LogP) is 3.19.